The normalized spacial score (nSPS) is 18.7. The minimum absolute atomic E-state index is 0.0247. The van der Waals surface area contributed by atoms with Gasteiger partial charge in [-0.05, 0) is 37.7 Å². The summed E-state index contributed by atoms with van der Waals surface area (Å²) in [5.74, 6) is 0.404. The van der Waals surface area contributed by atoms with Crippen molar-refractivity contribution in [2.75, 3.05) is 0 Å². The van der Waals surface area contributed by atoms with Crippen LogP contribution in [0.2, 0.25) is 0 Å². The Bertz CT molecular complexity index is 239. The first-order valence-electron chi connectivity index (χ1n) is 7.08. The van der Waals surface area contributed by atoms with Crippen molar-refractivity contribution in [2.45, 2.75) is 71.3 Å². The Balaban J connectivity index is 2.36. The molecule has 0 radical (unpaired) electrons. The van der Waals surface area contributed by atoms with Crippen LogP contribution in [0.1, 0.15) is 65.2 Å². The maximum atomic E-state index is 11.1. The molecule has 17 heavy (non-hydrogen) atoms. The quantitative estimate of drug-likeness (QED) is 0.376. The molecule has 0 aromatic heterocycles. The molecule has 0 aromatic carbocycles. The van der Waals surface area contributed by atoms with Crippen LogP contribution in [0.25, 0.3) is 0 Å². The van der Waals surface area contributed by atoms with E-state index < -0.39 is 0 Å². The highest BCUT2D eigenvalue weighted by Gasteiger charge is 2.25. The Kier molecular flexibility index (Phi) is 6.99. The topological polar surface area (TPSA) is 26.3 Å². The highest BCUT2D eigenvalue weighted by Crippen LogP contribution is 2.30. The van der Waals surface area contributed by atoms with Crippen LogP contribution < -0.4 is 0 Å². The van der Waals surface area contributed by atoms with Crippen LogP contribution >= 0.6 is 0 Å². The van der Waals surface area contributed by atoms with E-state index >= 15 is 0 Å². The van der Waals surface area contributed by atoms with E-state index in [2.05, 4.69) is 19.1 Å². The summed E-state index contributed by atoms with van der Waals surface area (Å²) in [6, 6.07) is 0. The summed E-state index contributed by atoms with van der Waals surface area (Å²) < 4.78 is 5.42. The zero-order chi connectivity index (χ0) is 12.5. The van der Waals surface area contributed by atoms with Gasteiger partial charge in [0.05, 0.1) is 0 Å². The Morgan fingerprint density at radius 1 is 1.35 bits per heavy atom. The molecule has 2 heteroatoms. The van der Waals surface area contributed by atoms with E-state index in [1.54, 1.807) is 0 Å². The molecule has 1 saturated carbocycles. The molecule has 1 rings (SSSR count). The van der Waals surface area contributed by atoms with Gasteiger partial charge in [-0.1, -0.05) is 38.7 Å². The van der Waals surface area contributed by atoms with Gasteiger partial charge in [0, 0.05) is 6.92 Å². The molecular formula is C15H26O2. The number of esters is 1. The summed E-state index contributed by atoms with van der Waals surface area (Å²) in [7, 11) is 0. The van der Waals surface area contributed by atoms with Crippen LogP contribution in [-0.4, -0.2) is 12.1 Å². The SMILES string of the molecule is CCCCC/C=C\C(OC(C)=O)C1CCCC1. The predicted molar refractivity (Wildman–Crippen MR) is 70.8 cm³/mol. The van der Waals surface area contributed by atoms with Gasteiger partial charge in [0.15, 0.2) is 0 Å². The van der Waals surface area contributed by atoms with E-state index in [-0.39, 0.29) is 12.1 Å². The average Bonchev–Trinajstić information content (AvgIpc) is 2.80. The van der Waals surface area contributed by atoms with Crippen LogP contribution in [0.4, 0.5) is 0 Å². The standard InChI is InChI=1S/C15H26O2/c1-3-4-5-6-7-12-15(17-13(2)16)14-10-8-9-11-14/h7,12,14-15H,3-6,8-11H2,1-2H3/b12-7-. The lowest BCUT2D eigenvalue weighted by Crippen LogP contribution is -2.22. The number of hydrogen-bond acceptors (Lipinski definition) is 2. The highest BCUT2D eigenvalue weighted by atomic mass is 16.5. The largest absolute Gasteiger partial charge is 0.458 e. The van der Waals surface area contributed by atoms with Crippen molar-refractivity contribution in [1.82, 2.24) is 0 Å². The second-order valence-corrected chi connectivity index (χ2v) is 5.04. The van der Waals surface area contributed by atoms with Crippen LogP contribution in [0.3, 0.4) is 0 Å². The number of carbonyl (C=O) groups is 1. The first kappa shape index (κ1) is 14.3. The van der Waals surface area contributed by atoms with Gasteiger partial charge >= 0.3 is 5.97 Å². The first-order chi connectivity index (χ1) is 8.24. The molecule has 0 bridgehead atoms. The molecule has 0 spiro atoms. The Hall–Kier alpha value is -0.790. The Morgan fingerprint density at radius 3 is 2.65 bits per heavy atom. The Labute approximate surface area is 105 Å². The maximum Gasteiger partial charge on any atom is 0.303 e. The van der Waals surface area contributed by atoms with Crippen molar-refractivity contribution in [3.8, 4) is 0 Å². The molecule has 0 aromatic rings. The molecule has 1 atom stereocenters. The maximum absolute atomic E-state index is 11.1. The van der Waals surface area contributed by atoms with E-state index in [1.807, 2.05) is 0 Å². The zero-order valence-electron chi connectivity index (χ0n) is 11.3. The van der Waals surface area contributed by atoms with Crippen LogP contribution in [0.5, 0.6) is 0 Å². The third-order valence-corrected chi connectivity index (χ3v) is 3.47. The lowest BCUT2D eigenvalue weighted by molar-refractivity contribution is -0.146. The number of hydrogen-bond donors (Lipinski definition) is 0. The monoisotopic (exact) mass is 238 g/mol. The molecule has 0 amide bonds. The van der Waals surface area contributed by atoms with Crippen molar-refractivity contribution < 1.29 is 9.53 Å². The molecule has 0 aliphatic heterocycles. The third kappa shape index (κ3) is 5.90. The average molecular weight is 238 g/mol. The summed E-state index contributed by atoms with van der Waals surface area (Å²) in [6.07, 6.45) is 14.2. The van der Waals surface area contributed by atoms with Gasteiger partial charge in [0.1, 0.15) is 6.10 Å². The van der Waals surface area contributed by atoms with Gasteiger partial charge in [-0.3, -0.25) is 4.79 Å². The van der Waals surface area contributed by atoms with Crippen LogP contribution in [0.15, 0.2) is 12.2 Å². The van der Waals surface area contributed by atoms with Gasteiger partial charge in [-0.2, -0.15) is 0 Å². The minimum Gasteiger partial charge on any atom is -0.458 e. The summed E-state index contributed by atoms with van der Waals surface area (Å²) in [5, 5.41) is 0. The molecule has 98 valence electrons. The lowest BCUT2D eigenvalue weighted by atomic mass is 10.00. The van der Waals surface area contributed by atoms with E-state index in [4.69, 9.17) is 4.74 Å². The van der Waals surface area contributed by atoms with Crippen LogP contribution in [-0.2, 0) is 9.53 Å². The molecule has 0 N–H and O–H groups in total. The molecule has 1 aliphatic carbocycles. The number of rotatable bonds is 7. The number of unbranched alkanes of at least 4 members (excludes halogenated alkanes) is 3. The molecule has 0 heterocycles. The van der Waals surface area contributed by atoms with Gasteiger partial charge in [-0.25, -0.2) is 0 Å². The molecule has 2 nitrogen and oxygen atoms in total. The summed E-state index contributed by atoms with van der Waals surface area (Å²) in [5.41, 5.74) is 0. The fourth-order valence-electron chi connectivity index (χ4n) is 2.51. The molecule has 1 fully saturated rings. The van der Waals surface area contributed by atoms with Gasteiger partial charge in [0.2, 0.25) is 0 Å². The van der Waals surface area contributed by atoms with Gasteiger partial charge in [-0.15, -0.1) is 0 Å². The predicted octanol–water partition coefficient (Wildman–Crippen LogP) is 4.24. The van der Waals surface area contributed by atoms with Crippen LogP contribution in [0, 0.1) is 5.92 Å². The Morgan fingerprint density at radius 2 is 2.06 bits per heavy atom. The third-order valence-electron chi connectivity index (χ3n) is 3.47. The summed E-state index contributed by atoms with van der Waals surface area (Å²) in [4.78, 5) is 11.1. The first-order valence-corrected chi connectivity index (χ1v) is 7.08. The summed E-state index contributed by atoms with van der Waals surface area (Å²) >= 11 is 0. The molecule has 1 unspecified atom stereocenters. The van der Waals surface area contributed by atoms with Crippen molar-refractivity contribution in [1.29, 1.82) is 0 Å². The smallest absolute Gasteiger partial charge is 0.303 e. The highest BCUT2D eigenvalue weighted by molar-refractivity contribution is 5.66. The number of carbonyl (C=O) groups excluding carboxylic acids is 1. The van der Waals surface area contributed by atoms with Crippen molar-refractivity contribution >= 4 is 5.97 Å². The number of ether oxygens (including phenoxy) is 1. The number of allylic oxidation sites excluding steroid dienone is 1. The summed E-state index contributed by atoms with van der Waals surface area (Å²) in [6.45, 7) is 3.72. The fourth-order valence-corrected chi connectivity index (χ4v) is 2.51. The second kappa shape index (κ2) is 8.32. The molecule has 1 aliphatic rings. The van der Waals surface area contributed by atoms with Gasteiger partial charge < -0.3 is 4.74 Å². The van der Waals surface area contributed by atoms with E-state index in [0.717, 1.165) is 6.42 Å². The van der Waals surface area contributed by atoms with E-state index in [0.29, 0.717) is 5.92 Å². The van der Waals surface area contributed by atoms with Crippen molar-refractivity contribution in [3.05, 3.63) is 12.2 Å². The van der Waals surface area contributed by atoms with Crippen molar-refractivity contribution in [2.24, 2.45) is 5.92 Å². The van der Waals surface area contributed by atoms with Gasteiger partial charge in [0.25, 0.3) is 0 Å². The van der Waals surface area contributed by atoms with E-state index in [1.165, 1.54) is 51.9 Å². The molecular weight excluding hydrogens is 212 g/mol. The minimum atomic E-state index is -0.153. The van der Waals surface area contributed by atoms with Crippen molar-refractivity contribution in [3.63, 3.8) is 0 Å². The zero-order valence-corrected chi connectivity index (χ0v) is 11.3. The molecule has 0 saturated heterocycles. The second-order valence-electron chi connectivity index (χ2n) is 5.04. The lowest BCUT2D eigenvalue weighted by Gasteiger charge is -2.19. The van der Waals surface area contributed by atoms with E-state index in [9.17, 15) is 4.79 Å². The fraction of sp³-hybridized carbons (Fsp3) is 0.800.